The minimum Gasteiger partial charge on any atom is -0.481 e. The first-order valence-electron chi connectivity index (χ1n) is 7.72. The van der Waals surface area contributed by atoms with Crippen LogP contribution in [0.5, 0.6) is 5.75 Å². The van der Waals surface area contributed by atoms with Gasteiger partial charge in [-0.3, -0.25) is 4.79 Å². The van der Waals surface area contributed by atoms with Crippen molar-refractivity contribution in [3.8, 4) is 5.75 Å². The smallest absolute Gasteiger partial charge is 0.265 e. The lowest BCUT2D eigenvalue weighted by Gasteiger charge is -2.19. The molecular formula is C18H20Cl2N2O2. The van der Waals surface area contributed by atoms with Crippen LogP contribution in [0, 0.1) is 0 Å². The van der Waals surface area contributed by atoms with E-state index in [4.69, 9.17) is 16.3 Å². The molecule has 6 heteroatoms. The quantitative estimate of drug-likeness (QED) is 0.835. The Bertz CT molecular complexity index is 722. The zero-order valence-electron chi connectivity index (χ0n) is 13.3. The van der Waals surface area contributed by atoms with Crippen molar-refractivity contribution in [2.75, 3.05) is 17.2 Å². The summed E-state index contributed by atoms with van der Waals surface area (Å²) in [5.74, 6) is 0.392. The fraction of sp³-hybridized carbons (Fsp3) is 0.278. The number of hydrogen-bond donors (Lipinski definition) is 2. The number of halogens is 2. The van der Waals surface area contributed by atoms with Gasteiger partial charge in [0, 0.05) is 22.9 Å². The first kappa shape index (κ1) is 18.4. The number of amides is 1. The van der Waals surface area contributed by atoms with Gasteiger partial charge in [0.15, 0.2) is 6.10 Å². The average molecular weight is 367 g/mol. The second kappa shape index (κ2) is 8.27. The van der Waals surface area contributed by atoms with Gasteiger partial charge in [0.05, 0.1) is 0 Å². The van der Waals surface area contributed by atoms with Crippen LogP contribution in [0.3, 0.4) is 0 Å². The predicted molar refractivity (Wildman–Crippen MR) is 101 cm³/mol. The number of hydrogen-bond acceptors (Lipinski definition) is 3. The van der Waals surface area contributed by atoms with Crippen molar-refractivity contribution >= 4 is 41.3 Å². The van der Waals surface area contributed by atoms with Crippen LogP contribution in [-0.2, 0) is 11.2 Å². The molecule has 0 bridgehead atoms. The Morgan fingerprint density at radius 1 is 1.29 bits per heavy atom. The Morgan fingerprint density at radius 2 is 2.12 bits per heavy atom. The standard InChI is InChI=1S/C18H19ClN2O2.ClH/c1-12(23-16-6-2-5-14(19)11-16)18(22)21-15-7-8-17-13(10-15)4-3-9-20-17;/h2,5-8,10-12,20H,3-4,9H2,1H3,(H,21,22);1H. The minimum absolute atomic E-state index is 0. The highest BCUT2D eigenvalue weighted by Gasteiger charge is 2.16. The third kappa shape index (κ3) is 4.56. The number of carbonyl (C=O) groups excluding carboxylic acids is 1. The monoisotopic (exact) mass is 366 g/mol. The number of aryl methyl sites for hydroxylation is 1. The molecule has 24 heavy (non-hydrogen) atoms. The van der Waals surface area contributed by atoms with Gasteiger partial charge in [-0.25, -0.2) is 0 Å². The molecule has 2 N–H and O–H groups in total. The summed E-state index contributed by atoms with van der Waals surface area (Å²) in [4.78, 5) is 12.3. The van der Waals surface area contributed by atoms with Crippen molar-refractivity contribution in [2.45, 2.75) is 25.9 Å². The van der Waals surface area contributed by atoms with E-state index in [0.29, 0.717) is 10.8 Å². The van der Waals surface area contributed by atoms with Crippen LogP contribution in [-0.4, -0.2) is 18.6 Å². The second-order valence-corrected chi connectivity index (χ2v) is 6.05. The molecular weight excluding hydrogens is 347 g/mol. The largest absolute Gasteiger partial charge is 0.481 e. The van der Waals surface area contributed by atoms with E-state index in [-0.39, 0.29) is 18.3 Å². The molecule has 0 saturated heterocycles. The van der Waals surface area contributed by atoms with Crippen molar-refractivity contribution in [1.29, 1.82) is 0 Å². The molecule has 0 aliphatic carbocycles. The molecule has 1 aliphatic rings. The van der Waals surface area contributed by atoms with E-state index >= 15 is 0 Å². The summed E-state index contributed by atoms with van der Waals surface area (Å²) < 4.78 is 5.63. The molecule has 1 heterocycles. The zero-order valence-corrected chi connectivity index (χ0v) is 14.9. The van der Waals surface area contributed by atoms with Crippen LogP contribution in [0.2, 0.25) is 5.02 Å². The first-order valence-corrected chi connectivity index (χ1v) is 8.09. The minimum atomic E-state index is -0.609. The molecule has 0 spiro atoms. The van der Waals surface area contributed by atoms with Gasteiger partial charge in [-0.15, -0.1) is 12.4 Å². The van der Waals surface area contributed by atoms with Crippen molar-refractivity contribution in [3.05, 3.63) is 53.1 Å². The van der Waals surface area contributed by atoms with E-state index in [1.165, 1.54) is 5.56 Å². The molecule has 0 radical (unpaired) electrons. The molecule has 1 atom stereocenters. The summed E-state index contributed by atoms with van der Waals surface area (Å²) in [5, 5.41) is 6.84. The number of carbonyl (C=O) groups is 1. The molecule has 1 aliphatic heterocycles. The summed E-state index contributed by atoms with van der Waals surface area (Å²) in [6.07, 6.45) is 1.53. The van der Waals surface area contributed by atoms with Crippen LogP contribution in [0.25, 0.3) is 0 Å². The van der Waals surface area contributed by atoms with Gasteiger partial charge in [-0.1, -0.05) is 17.7 Å². The van der Waals surface area contributed by atoms with Crippen molar-refractivity contribution in [1.82, 2.24) is 0 Å². The van der Waals surface area contributed by atoms with Crippen LogP contribution in [0.4, 0.5) is 11.4 Å². The second-order valence-electron chi connectivity index (χ2n) is 5.61. The summed E-state index contributed by atoms with van der Waals surface area (Å²) in [7, 11) is 0. The molecule has 0 fully saturated rings. The molecule has 128 valence electrons. The predicted octanol–water partition coefficient (Wildman–Crippen LogP) is 4.53. The number of ether oxygens (including phenoxy) is 1. The Labute approximate surface area is 153 Å². The molecule has 3 rings (SSSR count). The average Bonchev–Trinajstić information content (AvgIpc) is 2.54. The molecule has 0 aromatic heterocycles. The van der Waals surface area contributed by atoms with Crippen LogP contribution >= 0.6 is 24.0 Å². The van der Waals surface area contributed by atoms with Crippen LogP contribution in [0.15, 0.2) is 42.5 Å². The zero-order chi connectivity index (χ0) is 16.2. The first-order chi connectivity index (χ1) is 11.1. The maximum atomic E-state index is 12.3. The molecule has 2 aromatic carbocycles. The lowest BCUT2D eigenvalue weighted by Crippen LogP contribution is -2.30. The maximum Gasteiger partial charge on any atom is 0.265 e. The highest BCUT2D eigenvalue weighted by molar-refractivity contribution is 6.30. The van der Waals surface area contributed by atoms with E-state index in [2.05, 4.69) is 10.6 Å². The summed E-state index contributed by atoms with van der Waals surface area (Å²) in [6, 6.07) is 13.0. The lowest BCUT2D eigenvalue weighted by atomic mass is 10.0. The molecule has 0 saturated carbocycles. The van der Waals surface area contributed by atoms with Gasteiger partial charge >= 0.3 is 0 Å². The van der Waals surface area contributed by atoms with Gasteiger partial charge in [0.1, 0.15) is 5.75 Å². The Kier molecular flexibility index (Phi) is 6.35. The van der Waals surface area contributed by atoms with Gasteiger partial charge in [-0.2, -0.15) is 0 Å². The summed E-state index contributed by atoms with van der Waals surface area (Å²) in [5.41, 5.74) is 3.17. The van der Waals surface area contributed by atoms with Crippen LogP contribution in [0.1, 0.15) is 18.9 Å². The maximum absolute atomic E-state index is 12.3. The fourth-order valence-electron chi connectivity index (χ4n) is 2.59. The molecule has 4 nitrogen and oxygen atoms in total. The normalized spacial score (nSPS) is 13.8. The fourth-order valence-corrected chi connectivity index (χ4v) is 2.77. The number of fused-ring (bicyclic) bond motifs is 1. The molecule has 2 aromatic rings. The van der Waals surface area contributed by atoms with E-state index in [0.717, 1.165) is 30.8 Å². The highest BCUT2D eigenvalue weighted by Crippen LogP contribution is 2.25. The van der Waals surface area contributed by atoms with Crippen molar-refractivity contribution in [3.63, 3.8) is 0 Å². The van der Waals surface area contributed by atoms with Gasteiger partial charge in [-0.05, 0) is 61.7 Å². The number of nitrogens with one attached hydrogen (secondary N) is 2. The molecule has 1 unspecified atom stereocenters. The number of anilines is 2. The van der Waals surface area contributed by atoms with E-state index in [1.54, 1.807) is 31.2 Å². The van der Waals surface area contributed by atoms with Crippen molar-refractivity contribution in [2.24, 2.45) is 0 Å². The van der Waals surface area contributed by atoms with Gasteiger partial charge < -0.3 is 15.4 Å². The molecule has 1 amide bonds. The Morgan fingerprint density at radius 3 is 2.92 bits per heavy atom. The van der Waals surface area contributed by atoms with E-state index < -0.39 is 6.10 Å². The third-order valence-electron chi connectivity index (χ3n) is 3.79. The van der Waals surface area contributed by atoms with Gasteiger partial charge in [0.25, 0.3) is 5.91 Å². The van der Waals surface area contributed by atoms with Crippen LogP contribution < -0.4 is 15.4 Å². The third-order valence-corrected chi connectivity index (χ3v) is 4.02. The van der Waals surface area contributed by atoms with E-state index in [9.17, 15) is 4.79 Å². The number of rotatable bonds is 4. The van der Waals surface area contributed by atoms with Crippen molar-refractivity contribution < 1.29 is 9.53 Å². The Hall–Kier alpha value is -1.91. The SMILES string of the molecule is CC(Oc1cccc(Cl)c1)C(=O)Nc1ccc2c(c1)CCCN2.Cl. The van der Waals surface area contributed by atoms with E-state index in [1.807, 2.05) is 18.2 Å². The highest BCUT2D eigenvalue weighted by atomic mass is 35.5. The lowest BCUT2D eigenvalue weighted by molar-refractivity contribution is -0.122. The summed E-state index contributed by atoms with van der Waals surface area (Å²) in [6.45, 7) is 2.72. The van der Waals surface area contributed by atoms with Gasteiger partial charge in [0.2, 0.25) is 0 Å². The number of benzene rings is 2. The summed E-state index contributed by atoms with van der Waals surface area (Å²) >= 11 is 5.92. The topological polar surface area (TPSA) is 50.4 Å². The Balaban J connectivity index is 0.00000208.